The molecule has 26 heavy (non-hydrogen) atoms. The van der Waals surface area contributed by atoms with Crippen LogP contribution in [0.1, 0.15) is 77.6 Å². The zero-order valence-corrected chi connectivity index (χ0v) is 17.9. The van der Waals surface area contributed by atoms with Crippen molar-refractivity contribution in [2.45, 2.75) is 71.8 Å². The maximum Gasteiger partial charge on any atom is 0.123 e. The Kier molecular flexibility index (Phi) is 6.24. The largest absolute Gasteiger partial charge is 0.507 e. The zero-order valence-electron chi connectivity index (χ0n) is 17.9. The first-order chi connectivity index (χ1) is 11.9. The summed E-state index contributed by atoms with van der Waals surface area (Å²) in [6.07, 6.45) is 0.956. The maximum atomic E-state index is 11.0. The highest BCUT2D eigenvalue weighted by Crippen LogP contribution is 2.42. The van der Waals surface area contributed by atoms with Gasteiger partial charge in [-0.05, 0) is 53.0 Å². The highest BCUT2D eigenvalue weighted by molar-refractivity contribution is 5.50. The number of benzene rings is 1. The molecule has 1 fully saturated rings. The van der Waals surface area contributed by atoms with E-state index >= 15 is 0 Å². The fraction of sp³-hybridized carbons (Fsp3) is 0.652. The van der Waals surface area contributed by atoms with Crippen molar-refractivity contribution in [1.29, 1.82) is 0 Å². The van der Waals surface area contributed by atoms with Crippen molar-refractivity contribution in [3.05, 3.63) is 41.0 Å². The molecule has 1 saturated heterocycles. The molecule has 2 rings (SSSR count). The van der Waals surface area contributed by atoms with Crippen molar-refractivity contribution in [2.24, 2.45) is 0 Å². The van der Waals surface area contributed by atoms with Crippen LogP contribution in [-0.4, -0.2) is 36.2 Å². The Morgan fingerprint density at radius 2 is 1.54 bits per heavy atom. The molecule has 0 aliphatic carbocycles. The fourth-order valence-corrected chi connectivity index (χ4v) is 3.77. The van der Waals surface area contributed by atoms with Gasteiger partial charge in [-0.2, -0.15) is 0 Å². The van der Waals surface area contributed by atoms with Crippen molar-refractivity contribution < 1.29 is 5.11 Å². The van der Waals surface area contributed by atoms with Crippen LogP contribution in [0.25, 0.3) is 0 Å². The second kappa shape index (κ2) is 7.74. The predicted molar refractivity (Wildman–Crippen MR) is 112 cm³/mol. The lowest BCUT2D eigenvalue weighted by atomic mass is 9.77. The lowest BCUT2D eigenvalue weighted by Gasteiger charge is -2.37. The van der Waals surface area contributed by atoms with Crippen LogP contribution < -0.4 is 5.32 Å². The molecule has 0 saturated carbocycles. The van der Waals surface area contributed by atoms with Crippen LogP contribution in [-0.2, 0) is 10.8 Å². The van der Waals surface area contributed by atoms with E-state index in [1.54, 1.807) is 0 Å². The van der Waals surface area contributed by atoms with Gasteiger partial charge < -0.3 is 10.4 Å². The summed E-state index contributed by atoms with van der Waals surface area (Å²) >= 11 is 0. The number of phenolic OH excluding ortho intramolecular Hbond substituents is 1. The molecule has 146 valence electrons. The van der Waals surface area contributed by atoms with E-state index < -0.39 is 0 Å². The summed E-state index contributed by atoms with van der Waals surface area (Å²) in [6.45, 7) is 23.5. The monoisotopic (exact) mass is 358 g/mol. The van der Waals surface area contributed by atoms with Gasteiger partial charge in [0, 0.05) is 32.2 Å². The number of rotatable bonds is 4. The number of hydrogen-bond donors (Lipinski definition) is 2. The summed E-state index contributed by atoms with van der Waals surface area (Å²) in [5.74, 6) is 0.461. The lowest BCUT2D eigenvalue weighted by Crippen LogP contribution is -2.45. The van der Waals surface area contributed by atoms with Crippen LogP contribution in [0.3, 0.4) is 0 Å². The summed E-state index contributed by atoms with van der Waals surface area (Å²) < 4.78 is 0. The van der Waals surface area contributed by atoms with Gasteiger partial charge >= 0.3 is 0 Å². The molecule has 2 N–H and O–H groups in total. The minimum absolute atomic E-state index is 0.0999. The van der Waals surface area contributed by atoms with Crippen molar-refractivity contribution in [3.63, 3.8) is 0 Å². The van der Waals surface area contributed by atoms with Crippen LogP contribution >= 0.6 is 0 Å². The van der Waals surface area contributed by atoms with E-state index in [4.69, 9.17) is 0 Å². The number of piperazine rings is 1. The molecule has 0 bridgehead atoms. The van der Waals surface area contributed by atoms with Gasteiger partial charge in [-0.3, -0.25) is 4.90 Å². The zero-order chi connectivity index (χ0) is 19.7. The molecule has 0 unspecified atom stereocenters. The second-order valence-corrected chi connectivity index (χ2v) is 9.93. The van der Waals surface area contributed by atoms with Crippen molar-refractivity contribution in [2.75, 3.05) is 26.2 Å². The Bertz CT molecular complexity index is 608. The first-order valence-corrected chi connectivity index (χ1v) is 9.88. The highest BCUT2D eigenvalue weighted by atomic mass is 16.3. The Labute approximate surface area is 160 Å². The standard InChI is InChI=1S/C23H38N2O/c1-16(2)13-20(25-11-9-24-10-12-25)17-14-18(22(3,4)5)21(26)19(15-17)23(6,7)8/h14-15,20,24,26H,1,9-13H2,2-8H3/t20-/m0/s1. The van der Waals surface area contributed by atoms with Gasteiger partial charge in [0.1, 0.15) is 5.75 Å². The quantitative estimate of drug-likeness (QED) is 0.752. The summed E-state index contributed by atoms with van der Waals surface area (Å²) in [4.78, 5) is 2.57. The summed E-state index contributed by atoms with van der Waals surface area (Å²) in [7, 11) is 0. The minimum atomic E-state index is -0.0999. The van der Waals surface area contributed by atoms with Crippen LogP contribution in [0, 0.1) is 0 Å². The first kappa shape index (κ1) is 21.0. The van der Waals surface area contributed by atoms with E-state index in [1.165, 1.54) is 11.1 Å². The molecule has 1 atom stereocenters. The fourth-order valence-electron chi connectivity index (χ4n) is 3.77. The van der Waals surface area contributed by atoms with Gasteiger partial charge in [0.05, 0.1) is 0 Å². The SMILES string of the molecule is C=C(C)C[C@@H](c1cc(C(C)(C)C)c(O)c(C(C)(C)C)c1)N1CCNCC1. The van der Waals surface area contributed by atoms with Crippen molar-refractivity contribution in [1.82, 2.24) is 10.2 Å². The third kappa shape index (κ3) is 4.89. The number of aromatic hydroxyl groups is 1. The van der Waals surface area contributed by atoms with Crippen molar-refractivity contribution >= 4 is 0 Å². The van der Waals surface area contributed by atoms with E-state index in [0.717, 1.165) is 43.7 Å². The third-order valence-electron chi connectivity index (χ3n) is 5.27. The van der Waals surface area contributed by atoms with Crippen LogP contribution in [0.5, 0.6) is 5.75 Å². The second-order valence-electron chi connectivity index (χ2n) is 9.93. The topological polar surface area (TPSA) is 35.5 Å². The molecular weight excluding hydrogens is 320 g/mol. The number of hydrogen-bond acceptors (Lipinski definition) is 3. The average molecular weight is 359 g/mol. The van der Waals surface area contributed by atoms with Gasteiger partial charge in [-0.1, -0.05) is 47.1 Å². The summed E-state index contributed by atoms with van der Waals surface area (Å²) in [5.41, 5.74) is 4.40. The molecule has 3 heteroatoms. The van der Waals surface area contributed by atoms with Crippen LogP contribution in [0.2, 0.25) is 0 Å². The van der Waals surface area contributed by atoms with E-state index in [-0.39, 0.29) is 10.8 Å². The number of nitrogens with zero attached hydrogens (tertiary/aromatic N) is 1. The summed E-state index contributed by atoms with van der Waals surface area (Å²) in [5, 5.41) is 14.5. The molecule has 1 aliphatic rings. The molecule has 0 radical (unpaired) electrons. The Balaban J connectivity index is 2.61. The normalized spacial score (nSPS) is 18.0. The first-order valence-electron chi connectivity index (χ1n) is 9.88. The highest BCUT2D eigenvalue weighted by Gasteiger charge is 2.30. The van der Waals surface area contributed by atoms with E-state index in [1.807, 2.05) is 0 Å². The molecular formula is C23H38N2O. The molecule has 3 nitrogen and oxygen atoms in total. The molecule has 1 aromatic carbocycles. The summed E-state index contributed by atoms with van der Waals surface area (Å²) in [6, 6.07) is 4.79. The lowest BCUT2D eigenvalue weighted by molar-refractivity contribution is 0.172. The smallest absolute Gasteiger partial charge is 0.123 e. The average Bonchev–Trinajstić information content (AvgIpc) is 2.51. The van der Waals surface area contributed by atoms with Gasteiger partial charge in [0.25, 0.3) is 0 Å². The minimum Gasteiger partial charge on any atom is -0.507 e. The van der Waals surface area contributed by atoms with Crippen molar-refractivity contribution in [3.8, 4) is 5.75 Å². The maximum absolute atomic E-state index is 11.0. The molecule has 1 heterocycles. The number of phenols is 1. The molecule has 0 spiro atoms. The van der Waals surface area contributed by atoms with E-state index in [9.17, 15) is 5.11 Å². The Morgan fingerprint density at radius 3 is 1.92 bits per heavy atom. The Morgan fingerprint density at radius 1 is 1.08 bits per heavy atom. The van der Waals surface area contributed by atoms with E-state index in [2.05, 4.69) is 77.4 Å². The van der Waals surface area contributed by atoms with Gasteiger partial charge in [-0.25, -0.2) is 0 Å². The van der Waals surface area contributed by atoms with Gasteiger partial charge in [0.15, 0.2) is 0 Å². The third-order valence-corrected chi connectivity index (χ3v) is 5.27. The van der Waals surface area contributed by atoms with Crippen LogP contribution in [0.15, 0.2) is 24.3 Å². The van der Waals surface area contributed by atoms with E-state index in [0.29, 0.717) is 11.8 Å². The predicted octanol–water partition coefficient (Wildman–Crippen LogP) is 4.90. The molecule has 1 aromatic rings. The molecule has 0 amide bonds. The van der Waals surface area contributed by atoms with Crippen LogP contribution in [0.4, 0.5) is 0 Å². The van der Waals surface area contributed by atoms with Gasteiger partial charge in [-0.15, -0.1) is 6.58 Å². The molecule has 1 aliphatic heterocycles. The Hall–Kier alpha value is -1.32. The van der Waals surface area contributed by atoms with Gasteiger partial charge in [0.2, 0.25) is 0 Å². The number of nitrogens with one attached hydrogen (secondary N) is 1. The molecule has 0 aromatic heterocycles.